The topological polar surface area (TPSA) is 35.8 Å². The number of hydrogen-bond acceptors (Lipinski definition) is 3. The number of hydroxylamine groups is 2. The van der Waals surface area contributed by atoms with Gasteiger partial charge in [-0.25, -0.2) is 5.06 Å². The average Bonchev–Trinajstić information content (AvgIpc) is 2.42. The Morgan fingerprint density at radius 3 is 2.50 bits per heavy atom. The predicted octanol–water partition coefficient (Wildman–Crippen LogP) is 2.67. The minimum atomic E-state index is -0.688. The molecule has 2 aromatic rings. The highest BCUT2D eigenvalue weighted by Gasteiger charge is 2.30. The molecule has 1 N–H and O–H groups in total. The number of fused-ring (bicyclic) bond motifs is 1. The first-order chi connectivity index (χ1) is 9.49. The molecule has 2 aromatic carbocycles. The summed E-state index contributed by atoms with van der Waals surface area (Å²) in [6.07, 6.45) is 0. The molecule has 0 unspecified atom stereocenters. The average molecular weight is 331 g/mol. The van der Waals surface area contributed by atoms with E-state index in [1.165, 1.54) is 5.06 Å². The van der Waals surface area contributed by atoms with E-state index in [0.29, 0.717) is 0 Å². The van der Waals surface area contributed by atoms with Crippen LogP contribution in [0.15, 0.2) is 58.0 Å². The summed E-state index contributed by atoms with van der Waals surface area (Å²) in [7, 11) is 0. The van der Waals surface area contributed by atoms with Crippen LogP contribution in [0.2, 0.25) is 0 Å². The number of nitrogens with zero attached hydrogens (tertiary/aromatic N) is 2. The molecular formula is C16H15BrN2O. The van der Waals surface area contributed by atoms with E-state index in [-0.39, 0.29) is 0 Å². The van der Waals surface area contributed by atoms with Gasteiger partial charge in [0.1, 0.15) is 0 Å². The van der Waals surface area contributed by atoms with Crippen molar-refractivity contribution in [2.24, 2.45) is 4.99 Å². The molecule has 1 aliphatic heterocycles. The van der Waals surface area contributed by atoms with Gasteiger partial charge in [-0.3, -0.25) is 10.2 Å². The maximum Gasteiger partial charge on any atom is 0.151 e. The lowest BCUT2D eigenvalue weighted by atomic mass is 10.0. The molecule has 3 nitrogen and oxygen atoms in total. The van der Waals surface area contributed by atoms with Crippen LogP contribution in [-0.4, -0.2) is 15.9 Å². The van der Waals surface area contributed by atoms with Crippen LogP contribution in [-0.2, 0) is 0 Å². The quantitative estimate of drug-likeness (QED) is 0.872. The van der Waals surface area contributed by atoms with Crippen LogP contribution in [0, 0.1) is 0 Å². The Kier molecular flexibility index (Phi) is 3.15. The van der Waals surface area contributed by atoms with Crippen LogP contribution in [0.25, 0.3) is 5.70 Å². The molecule has 0 amide bonds. The summed E-state index contributed by atoms with van der Waals surface area (Å²) in [5.74, 6) is 0. The Hall–Kier alpha value is -1.65. The number of halogens is 1. The summed E-state index contributed by atoms with van der Waals surface area (Å²) in [6.45, 7) is 3.78. The third-order valence-electron chi connectivity index (χ3n) is 3.39. The molecule has 0 aliphatic carbocycles. The molecule has 4 heteroatoms. The van der Waals surface area contributed by atoms with Crippen molar-refractivity contribution in [3.05, 3.63) is 69.1 Å². The van der Waals surface area contributed by atoms with Crippen LogP contribution < -0.4 is 10.6 Å². The lowest BCUT2D eigenvalue weighted by Gasteiger charge is -2.35. The molecule has 0 spiro atoms. The molecule has 0 saturated heterocycles. The van der Waals surface area contributed by atoms with Gasteiger partial charge in [0.25, 0.3) is 0 Å². The van der Waals surface area contributed by atoms with Gasteiger partial charge < -0.3 is 0 Å². The zero-order valence-electron chi connectivity index (χ0n) is 11.3. The minimum Gasteiger partial charge on any atom is -0.286 e. The standard InChI is InChI=1S/C16H15BrN2O/c1-16(2)18-14-9-8-12(17)10-13(14)15(19(16)20)11-6-4-3-5-7-11/h3-10,20H,1-2H3. The lowest BCUT2D eigenvalue weighted by molar-refractivity contribution is -0.105. The predicted molar refractivity (Wildman–Crippen MR) is 81.6 cm³/mol. The molecule has 3 rings (SSSR count). The van der Waals surface area contributed by atoms with Crippen LogP contribution in [0.3, 0.4) is 0 Å². The van der Waals surface area contributed by atoms with Gasteiger partial charge in [-0.05, 0) is 32.0 Å². The molecule has 1 heterocycles. The maximum atomic E-state index is 10.6. The van der Waals surface area contributed by atoms with Crippen LogP contribution in [0.5, 0.6) is 0 Å². The van der Waals surface area contributed by atoms with Crippen molar-refractivity contribution in [1.82, 2.24) is 5.06 Å². The van der Waals surface area contributed by atoms with Gasteiger partial charge >= 0.3 is 0 Å². The first-order valence-electron chi connectivity index (χ1n) is 6.43. The molecule has 102 valence electrons. The monoisotopic (exact) mass is 330 g/mol. The summed E-state index contributed by atoms with van der Waals surface area (Å²) in [6, 6.07) is 15.8. The van der Waals surface area contributed by atoms with E-state index in [1.807, 2.05) is 62.4 Å². The Morgan fingerprint density at radius 1 is 1.10 bits per heavy atom. The van der Waals surface area contributed by atoms with Crippen molar-refractivity contribution in [3.63, 3.8) is 0 Å². The molecule has 1 aliphatic rings. The summed E-state index contributed by atoms with van der Waals surface area (Å²) in [4.78, 5) is 4.61. The largest absolute Gasteiger partial charge is 0.286 e. The molecule has 0 atom stereocenters. The maximum absolute atomic E-state index is 10.6. The molecule has 0 bridgehead atoms. The fraction of sp³-hybridized carbons (Fsp3) is 0.188. The van der Waals surface area contributed by atoms with Gasteiger partial charge in [0.15, 0.2) is 5.66 Å². The Balaban J connectivity index is 2.43. The summed E-state index contributed by atoms with van der Waals surface area (Å²) < 4.78 is 0.966. The number of benzene rings is 2. The van der Waals surface area contributed by atoms with E-state index < -0.39 is 5.66 Å². The molecule has 20 heavy (non-hydrogen) atoms. The highest BCUT2D eigenvalue weighted by molar-refractivity contribution is 9.10. The Bertz CT molecular complexity index is 769. The molecule has 0 saturated carbocycles. The van der Waals surface area contributed by atoms with E-state index in [2.05, 4.69) is 20.9 Å². The zero-order valence-corrected chi connectivity index (χ0v) is 12.9. The van der Waals surface area contributed by atoms with Gasteiger partial charge in [0.05, 0.1) is 11.1 Å². The van der Waals surface area contributed by atoms with Crippen molar-refractivity contribution in [2.45, 2.75) is 19.5 Å². The van der Waals surface area contributed by atoms with Crippen molar-refractivity contribution >= 4 is 21.6 Å². The zero-order chi connectivity index (χ0) is 14.3. The second-order valence-corrected chi connectivity index (χ2v) is 6.21. The molecule has 0 fully saturated rings. The highest BCUT2D eigenvalue weighted by atomic mass is 79.9. The van der Waals surface area contributed by atoms with Gasteiger partial charge in [-0.2, -0.15) is 0 Å². The SMILES string of the molecule is CC1(C)N=c2ccc(Br)cc2=C(c2ccccc2)N1O. The van der Waals surface area contributed by atoms with Crippen molar-refractivity contribution in [1.29, 1.82) is 0 Å². The minimum absolute atomic E-state index is 0.688. The van der Waals surface area contributed by atoms with Gasteiger partial charge in [-0.1, -0.05) is 46.3 Å². The Morgan fingerprint density at radius 2 is 1.80 bits per heavy atom. The summed E-state index contributed by atoms with van der Waals surface area (Å²) in [5, 5.41) is 13.6. The summed E-state index contributed by atoms with van der Waals surface area (Å²) >= 11 is 3.48. The smallest absolute Gasteiger partial charge is 0.151 e. The highest BCUT2D eigenvalue weighted by Crippen LogP contribution is 2.25. The van der Waals surface area contributed by atoms with E-state index in [1.54, 1.807) is 0 Å². The number of rotatable bonds is 1. The van der Waals surface area contributed by atoms with Crippen molar-refractivity contribution < 1.29 is 5.21 Å². The van der Waals surface area contributed by atoms with Crippen LogP contribution in [0.4, 0.5) is 0 Å². The van der Waals surface area contributed by atoms with Gasteiger partial charge in [0, 0.05) is 15.3 Å². The van der Waals surface area contributed by atoms with Gasteiger partial charge in [-0.15, -0.1) is 0 Å². The second-order valence-electron chi connectivity index (χ2n) is 5.29. The van der Waals surface area contributed by atoms with Crippen LogP contribution in [0.1, 0.15) is 19.4 Å². The second kappa shape index (κ2) is 4.72. The summed E-state index contributed by atoms with van der Waals surface area (Å²) in [5.41, 5.74) is 1.06. The van der Waals surface area contributed by atoms with Crippen molar-refractivity contribution in [3.8, 4) is 0 Å². The first-order valence-corrected chi connectivity index (χ1v) is 7.23. The molecular weight excluding hydrogens is 316 g/mol. The van der Waals surface area contributed by atoms with E-state index in [4.69, 9.17) is 0 Å². The van der Waals surface area contributed by atoms with E-state index in [9.17, 15) is 5.21 Å². The van der Waals surface area contributed by atoms with Crippen LogP contribution >= 0.6 is 15.9 Å². The van der Waals surface area contributed by atoms with E-state index in [0.717, 1.165) is 26.3 Å². The molecule has 0 aromatic heterocycles. The third-order valence-corrected chi connectivity index (χ3v) is 3.88. The first kappa shape index (κ1) is 13.3. The fourth-order valence-electron chi connectivity index (χ4n) is 2.40. The van der Waals surface area contributed by atoms with E-state index >= 15 is 0 Å². The fourth-order valence-corrected chi connectivity index (χ4v) is 2.76. The molecule has 0 radical (unpaired) electrons. The third kappa shape index (κ3) is 2.15. The van der Waals surface area contributed by atoms with Crippen molar-refractivity contribution in [2.75, 3.05) is 0 Å². The Labute approximate surface area is 126 Å². The lowest BCUT2D eigenvalue weighted by Crippen LogP contribution is -2.50. The number of hydrogen-bond donors (Lipinski definition) is 1. The van der Waals surface area contributed by atoms with Gasteiger partial charge in [0.2, 0.25) is 0 Å². The normalized spacial score (nSPS) is 16.6.